The number of anilines is 1. The highest BCUT2D eigenvalue weighted by Crippen LogP contribution is 2.17. The number of aromatic nitrogens is 3. The summed E-state index contributed by atoms with van der Waals surface area (Å²) in [5.74, 6) is 0. The van der Waals surface area contributed by atoms with E-state index in [1.54, 1.807) is 17.2 Å². The van der Waals surface area contributed by atoms with Crippen LogP contribution in [-0.4, -0.2) is 15.0 Å². The van der Waals surface area contributed by atoms with Crippen LogP contribution in [0.3, 0.4) is 0 Å². The lowest BCUT2D eigenvalue weighted by Crippen LogP contribution is -2.00. The largest absolute Gasteiger partial charge is 0.380 e. The third-order valence-electron chi connectivity index (χ3n) is 2.78. The third-order valence-corrected chi connectivity index (χ3v) is 3.78. The van der Waals surface area contributed by atoms with E-state index < -0.39 is 0 Å². The second kappa shape index (κ2) is 5.24. The number of aryl methyl sites for hydroxylation is 1. The number of thiophene rings is 1. The van der Waals surface area contributed by atoms with Gasteiger partial charge in [0.15, 0.2) is 0 Å². The molecule has 2 aromatic heterocycles. The van der Waals surface area contributed by atoms with Crippen molar-refractivity contribution in [3.8, 4) is 5.69 Å². The monoisotopic (exact) mass is 270 g/mol. The van der Waals surface area contributed by atoms with Crippen LogP contribution in [0.1, 0.15) is 9.75 Å². The van der Waals surface area contributed by atoms with E-state index in [4.69, 9.17) is 0 Å². The summed E-state index contributed by atoms with van der Waals surface area (Å²) in [4.78, 5) is 4.29. The quantitative estimate of drug-likeness (QED) is 0.791. The van der Waals surface area contributed by atoms with Crippen LogP contribution < -0.4 is 5.32 Å². The molecule has 19 heavy (non-hydrogen) atoms. The maximum atomic E-state index is 4.10. The highest BCUT2D eigenvalue weighted by Gasteiger charge is 1.99. The lowest BCUT2D eigenvalue weighted by molar-refractivity contribution is 0.752. The van der Waals surface area contributed by atoms with E-state index in [0.29, 0.717) is 0 Å². The Hall–Kier alpha value is -2.14. The predicted octanol–water partition coefficient (Wildman–Crippen LogP) is 3.25. The second-order valence-corrected chi connectivity index (χ2v) is 5.60. The minimum atomic E-state index is 0.859. The van der Waals surface area contributed by atoms with Gasteiger partial charge in [-0.3, -0.25) is 0 Å². The minimum Gasteiger partial charge on any atom is -0.380 e. The summed E-state index contributed by atoms with van der Waals surface area (Å²) < 4.78 is 0. The first-order valence-corrected chi connectivity index (χ1v) is 6.89. The standard InChI is InChI=1S/C14H14N4S/c1-11-2-7-14(19-11)10-15-12-3-5-13(6-4-12)18-16-8-9-17-18/h2-9,15H,10H2,1H3. The van der Waals surface area contributed by atoms with E-state index in [2.05, 4.69) is 34.6 Å². The number of benzene rings is 1. The van der Waals surface area contributed by atoms with Crippen LogP contribution in [0, 0.1) is 6.92 Å². The van der Waals surface area contributed by atoms with Crippen molar-refractivity contribution in [1.29, 1.82) is 0 Å². The normalized spacial score (nSPS) is 10.6. The highest BCUT2D eigenvalue weighted by atomic mass is 32.1. The molecule has 5 heteroatoms. The molecular formula is C14H14N4S. The summed E-state index contributed by atoms with van der Waals surface area (Å²) in [5.41, 5.74) is 2.06. The molecule has 0 saturated carbocycles. The Morgan fingerprint density at radius 2 is 1.79 bits per heavy atom. The Morgan fingerprint density at radius 1 is 1.05 bits per heavy atom. The Morgan fingerprint density at radius 3 is 2.42 bits per heavy atom. The molecule has 0 aliphatic rings. The minimum absolute atomic E-state index is 0.859. The van der Waals surface area contributed by atoms with Crippen LogP contribution >= 0.6 is 11.3 Å². The zero-order valence-corrected chi connectivity index (χ0v) is 11.4. The Labute approximate surface area is 115 Å². The average molecular weight is 270 g/mol. The zero-order chi connectivity index (χ0) is 13.1. The van der Waals surface area contributed by atoms with Gasteiger partial charge in [0.25, 0.3) is 0 Å². The summed E-state index contributed by atoms with van der Waals surface area (Å²) in [6.07, 6.45) is 3.34. The number of nitrogens with one attached hydrogen (secondary N) is 1. The van der Waals surface area contributed by atoms with Crippen LogP contribution in [0.2, 0.25) is 0 Å². The molecule has 0 aliphatic heterocycles. The van der Waals surface area contributed by atoms with E-state index in [1.165, 1.54) is 9.75 Å². The van der Waals surface area contributed by atoms with Gasteiger partial charge in [-0.25, -0.2) is 0 Å². The maximum Gasteiger partial charge on any atom is 0.0858 e. The van der Waals surface area contributed by atoms with Crippen molar-refractivity contribution in [2.24, 2.45) is 0 Å². The predicted molar refractivity (Wildman–Crippen MR) is 77.7 cm³/mol. The van der Waals surface area contributed by atoms with Gasteiger partial charge in [-0.15, -0.1) is 11.3 Å². The van der Waals surface area contributed by atoms with Crippen LogP contribution in [0.25, 0.3) is 5.69 Å². The second-order valence-electron chi connectivity index (χ2n) is 4.23. The number of nitrogens with zero attached hydrogens (tertiary/aromatic N) is 3. The van der Waals surface area contributed by atoms with E-state index in [1.807, 2.05) is 35.6 Å². The number of hydrogen-bond donors (Lipinski definition) is 1. The average Bonchev–Trinajstić information content (AvgIpc) is 3.08. The lowest BCUT2D eigenvalue weighted by atomic mass is 10.3. The molecule has 3 rings (SSSR count). The number of rotatable bonds is 4. The summed E-state index contributed by atoms with van der Waals surface area (Å²) in [5, 5.41) is 11.6. The van der Waals surface area contributed by atoms with E-state index >= 15 is 0 Å². The van der Waals surface area contributed by atoms with Crippen LogP contribution in [0.5, 0.6) is 0 Å². The number of hydrogen-bond acceptors (Lipinski definition) is 4. The smallest absolute Gasteiger partial charge is 0.0858 e. The molecule has 1 N–H and O–H groups in total. The first-order valence-electron chi connectivity index (χ1n) is 6.07. The summed E-state index contributed by atoms with van der Waals surface area (Å²) in [7, 11) is 0. The zero-order valence-electron chi connectivity index (χ0n) is 10.6. The van der Waals surface area contributed by atoms with Crippen LogP contribution in [-0.2, 0) is 6.54 Å². The van der Waals surface area contributed by atoms with Gasteiger partial charge in [0.2, 0.25) is 0 Å². The summed E-state index contributed by atoms with van der Waals surface area (Å²) in [6.45, 7) is 2.98. The molecule has 2 heterocycles. The Bertz CT molecular complexity index is 640. The highest BCUT2D eigenvalue weighted by molar-refractivity contribution is 7.11. The molecular weight excluding hydrogens is 256 g/mol. The molecule has 0 fully saturated rings. The molecule has 0 atom stereocenters. The van der Waals surface area contributed by atoms with E-state index in [9.17, 15) is 0 Å². The van der Waals surface area contributed by atoms with Gasteiger partial charge in [-0.1, -0.05) is 0 Å². The van der Waals surface area contributed by atoms with Crippen molar-refractivity contribution in [2.75, 3.05) is 5.32 Å². The fourth-order valence-corrected chi connectivity index (χ4v) is 2.66. The molecule has 0 radical (unpaired) electrons. The van der Waals surface area contributed by atoms with Crippen molar-refractivity contribution in [3.63, 3.8) is 0 Å². The van der Waals surface area contributed by atoms with Crippen molar-refractivity contribution in [2.45, 2.75) is 13.5 Å². The molecule has 3 aromatic rings. The van der Waals surface area contributed by atoms with Gasteiger partial charge < -0.3 is 5.32 Å². The van der Waals surface area contributed by atoms with Crippen molar-refractivity contribution in [3.05, 3.63) is 58.5 Å². The fourth-order valence-electron chi connectivity index (χ4n) is 1.83. The molecule has 0 saturated heterocycles. The molecule has 0 amide bonds. The van der Waals surface area contributed by atoms with Gasteiger partial charge in [-0.05, 0) is 43.3 Å². The van der Waals surface area contributed by atoms with Crippen molar-refractivity contribution < 1.29 is 0 Å². The van der Waals surface area contributed by atoms with Gasteiger partial charge in [0.05, 0.1) is 18.1 Å². The van der Waals surface area contributed by atoms with Crippen molar-refractivity contribution in [1.82, 2.24) is 15.0 Å². The molecule has 0 unspecified atom stereocenters. The summed E-state index contributed by atoms with van der Waals surface area (Å²) in [6, 6.07) is 12.4. The van der Waals surface area contributed by atoms with Crippen LogP contribution in [0.15, 0.2) is 48.8 Å². The van der Waals surface area contributed by atoms with Crippen LogP contribution in [0.4, 0.5) is 5.69 Å². The topological polar surface area (TPSA) is 42.7 Å². The molecule has 1 aromatic carbocycles. The lowest BCUT2D eigenvalue weighted by Gasteiger charge is -2.06. The first-order chi connectivity index (χ1) is 9.31. The molecule has 0 aliphatic carbocycles. The van der Waals surface area contributed by atoms with Gasteiger partial charge in [0.1, 0.15) is 0 Å². The Kier molecular flexibility index (Phi) is 3.29. The molecule has 4 nitrogen and oxygen atoms in total. The van der Waals surface area contributed by atoms with Gasteiger partial charge in [-0.2, -0.15) is 15.0 Å². The molecule has 0 spiro atoms. The van der Waals surface area contributed by atoms with Gasteiger partial charge in [0, 0.05) is 22.0 Å². The first kappa shape index (κ1) is 11.9. The van der Waals surface area contributed by atoms with Crippen molar-refractivity contribution >= 4 is 17.0 Å². The van der Waals surface area contributed by atoms with Gasteiger partial charge >= 0.3 is 0 Å². The molecule has 96 valence electrons. The van der Waals surface area contributed by atoms with E-state index in [-0.39, 0.29) is 0 Å². The maximum absolute atomic E-state index is 4.10. The fraction of sp³-hybridized carbons (Fsp3) is 0.143. The Balaban J connectivity index is 1.66. The SMILES string of the molecule is Cc1ccc(CNc2ccc(-n3nccn3)cc2)s1. The summed E-state index contributed by atoms with van der Waals surface area (Å²) >= 11 is 1.82. The molecule has 0 bridgehead atoms. The third kappa shape index (κ3) is 2.82. The van der Waals surface area contributed by atoms with E-state index in [0.717, 1.165) is 17.9 Å².